The van der Waals surface area contributed by atoms with Crippen LogP contribution in [0.3, 0.4) is 0 Å². The lowest BCUT2D eigenvalue weighted by Crippen LogP contribution is -2.32. The topological polar surface area (TPSA) is 93.3 Å². The van der Waals surface area contributed by atoms with Gasteiger partial charge in [-0.2, -0.15) is 0 Å². The van der Waals surface area contributed by atoms with Crippen molar-refractivity contribution in [1.82, 2.24) is 19.5 Å². The van der Waals surface area contributed by atoms with Gasteiger partial charge in [0.2, 0.25) is 0 Å². The number of imidazole rings is 1. The van der Waals surface area contributed by atoms with Crippen LogP contribution in [0.1, 0.15) is 25.5 Å². The molecule has 0 aromatic carbocycles. The van der Waals surface area contributed by atoms with Gasteiger partial charge in [-0.05, 0) is 19.3 Å². The van der Waals surface area contributed by atoms with E-state index in [0.717, 1.165) is 6.42 Å². The van der Waals surface area contributed by atoms with E-state index in [0.29, 0.717) is 29.2 Å². The Morgan fingerprint density at radius 1 is 1.35 bits per heavy atom. The van der Waals surface area contributed by atoms with E-state index >= 15 is 0 Å². The molecule has 0 unspecified atom stereocenters. The molecule has 20 heavy (non-hydrogen) atoms. The molecule has 2 aromatic heterocycles. The number of hydrogen-bond donors (Lipinski definition) is 2. The zero-order valence-electron chi connectivity index (χ0n) is 10.7. The van der Waals surface area contributed by atoms with E-state index in [1.54, 1.807) is 10.9 Å². The second kappa shape index (κ2) is 5.61. The van der Waals surface area contributed by atoms with Crippen LogP contribution in [0.25, 0.3) is 11.2 Å². The predicted octanol–water partition coefficient (Wildman–Crippen LogP) is 0.901. The molecule has 8 heteroatoms. The molecule has 0 bridgehead atoms. The Kier molecular flexibility index (Phi) is 3.84. The van der Waals surface area contributed by atoms with E-state index < -0.39 is 12.2 Å². The molecule has 0 amide bonds. The molecule has 0 aliphatic carbocycles. The highest BCUT2D eigenvalue weighted by Crippen LogP contribution is 2.29. The molecule has 0 radical (unpaired) electrons. The molecule has 3 atom stereocenters. The molecule has 108 valence electrons. The normalized spacial score (nSPS) is 27.6. The molecular weight excluding hydrogens is 284 g/mol. The Morgan fingerprint density at radius 3 is 3.00 bits per heavy atom. The summed E-state index contributed by atoms with van der Waals surface area (Å²) in [5, 5.41) is 19.5. The van der Waals surface area contributed by atoms with Crippen LogP contribution in [0.4, 0.5) is 0 Å². The lowest BCUT2D eigenvalue weighted by atomic mass is 10.1. The van der Waals surface area contributed by atoms with Crippen LogP contribution in [0, 0.1) is 0 Å². The van der Waals surface area contributed by atoms with Crippen LogP contribution < -0.4 is 0 Å². The largest absolute Gasteiger partial charge is 0.394 e. The fourth-order valence-electron chi connectivity index (χ4n) is 2.45. The van der Waals surface area contributed by atoms with E-state index in [9.17, 15) is 10.2 Å². The van der Waals surface area contributed by atoms with Crippen molar-refractivity contribution in [1.29, 1.82) is 0 Å². The lowest BCUT2D eigenvalue weighted by Gasteiger charge is -2.23. The van der Waals surface area contributed by atoms with E-state index in [1.165, 1.54) is 6.33 Å². The van der Waals surface area contributed by atoms with Gasteiger partial charge < -0.3 is 14.9 Å². The summed E-state index contributed by atoms with van der Waals surface area (Å²) in [4.78, 5) is 12.3. The highest BCUT2D eigenvalue weighted by molar-refractivity contribution is 6.33. The Balaban J connectivity index is 1.96. The van der Waals surface area contributed by atoms with Gasteiger partial charge in [0.15, 0.2) is 10.8 Å². The van der Waals surface area contributed by atoms with E-state index in [1.807, 2.05) is 0 Å². The highest BCUT2D eigenvalue weighted by atomic mass is 35.5. The number of halogens is 1. The number of aliphatic hydroxyl groups excluding tert-OH is 2. The van der Waals surface area contributed by atoms with Crippen molar-refractivity contribution in [3.63, 3.8) is 0 Å². The summed E-state index contributed by atoms with van der Waals surface area (Å²) >= 11 is 5.97. The first-order valence-corrected chi connectivity index (χ1v) is 6.86. The molecule has 0 spiro atoms. The molecule has 0 saturated carbocycles. The predicted molar refractivity (Wildman–Crippen MR) is 71.2 cm³/mol. The third kappa shape index (κ3) is 2.37. The van der Waals surface area contributed by atoms with Crippen molar-refractivity contribution >= 4 is 22.8 Å². The van der Waals surface area contributed by atoms with Crippen LogP contribution >= 0.6 is 11.6 Å². The lowest BCUT2D eigenvalue weighted by molar-refractivity contribution is -0.110. The number of aromatic nitrogens is 4. The van der Waals surface area contributed by atoms with Crippen molar-refractivity contribution in [2.75, 3.05) is 6.61 Å². The molecule has 2 aromatic rings. The van der Waals surface area contributed by atoms with Crippen molar-refractivity contribution < 1.29 is 14.9 Å². The minimum atomic E-state index is -0.655. The Bertz CT molecular complexity index is 605. The monoisotopic (exact) mass is 298 g/mol. The van der Waals surface area contributed by atoms with Gasteiger partial charge in [-0.3, -0.25) is 4.57 Å². The minimum absolute atomic E-state index is 0.222. The third-order valence-electron chi connectivity index (χ3n) is 3.52. The third-order valence-corrected chi connectivity index (χ3v) is 3.79. The number of nitrogens with zero attached hydrogens (tertiary/aromatic N) is 4. The molecule has 1 fully saturated rings. The van der Waals surface area contributed by atoms with Gasteiger partial charge in [-0.25, -0.2) is 15.0 Å². The van der Waals surface area contributed by atoms with Crippen molar-refractivity contribution in [2.24, 2.45) is 0 Å². The van der Waals surface area contributed by atoms with E-state index in [4.69, 9.17) is 16.3 Å². The fourth-order valence-corrected chi connectivity index (χ4v) is 2.63. The first kappa shape index (κ1) is 13.7. The summed E-state index contributed by atoms with van der Waals surface area (Å²) in [6.07, 6.45) is 3.49. The van der Waals surface area contributed by atoms with Crippen LogP contribution in [-0.2, 0) is 4.74 Å². The zero-order chi connectivity index (χ0) is 14.1. The maximum Gasteiger partial charge on any atom is 0.166 e. The van der Waals surface area contributed by atoms with E-state index in [-0.39, 0.29) is 12.8 Å². The first-order chi connectivity index (χ1) is 9.70. The number of hydrogen-bond acceptors (Lipinski definition) is 6. The van der Waals surface area contributed by atoms with Crippen LogP contribution in [0.2, 0.25) is 5.15 Å². The first-order valence-electron chi connectivity index (χ1n) is 6.48. The second-order valence-electron chi connectivity index (χ2n) is 4.80. The number of aliphatic hydroxyl groups is 2. The number of ether oxygens (including phenoxy) is 1. The molecule has 1 aliphatic heterocycles. The summed E-state index contributed by atoms with van der Waals surface area (Å²) in [7, 11) is 0. The fraction of sp³-hybridized carbons (Fsp3) is 0.583. The summed E-state index contributed by atoms with van der Waals surface area (Å²) < 4.78 is 7.55. The molecule has 1 aliphatic rings. The molecule has 7 nitrogen and oxygen atoms in total. The molecule has 3 heterocycles. The van der Waals surface area contributed by atoms with E-state index in [2.05, 4.69) is 15.0 Å². The van der Waals surface area contributed by atoms with Gasteiger partial charge in [0.25, 0.3) is 0 Å². The van der Waals surface area contributed by atoms with Gasteiger partial charge in [0.1, 0.15) is 24.2 Å². The average Bonchev–Trinajstić information content (AvgIpc) is 2.79. The van der Waals surface area contributed by atoms with Crippen molar-refractivity contribution in [3.8, 4) is 0 Å². The van der Waals surface area contributed by atoms with Crippen LogP contribution in [0.5, 0.6) is 0 Å². The Morgan fingerprint density at radius 2 is 2.20 bits per heavy atom. The molecule has 3 rings (SSSR count). The quantitative estimate of drug-likeness (QED) is 0.800. The van der Waals surface area contributed by atoms with Gasteiger partial charge in [0, 0.05) is 0 Å². The Hall–Kier alpha value is -1.28. The smallest absolute Gasteiger partial charge is 0.166 e. The van der Waals surface area contributed by atoms with Gasteiger partial charge in [0.05, 0.1) is 19.0 Å². The highest BCUT2D eigenvalue weighted by Gasteiger charge is 2.29. The van der Waals surface area contributed by atoms with Crippen molar-refractivity contribution in [2.45, 2.75) is 37.7 Å². The van der Waals surface area contributed by atoms with Gasteiger partial charge in [-0.1, -0.05) is 11.6 Å². The average molecular weight is 299 g/mol. The Labute approximate surface area is 120 Å². The SMILES string of the molecule is OC[C@H]1O[C@H](n2cnc3c(Cl)ncnc32)CCC[C@@H]1O. The minimum Gasteiger partial charge on any atom is -0.394 e. The molecule has 1 saturated heterocycles. The summed E-state index contributed by atoms with van der Waals surface area (Å²) in [5.41, 5.74) is 1.10. The maximum absolute atomic E-state index is 9.87. The number of rotatable bonds is 2. The van der Waals surface area contributed by atoms with Crippen LogP contribution in [-0.4, -0.2) is 48.5 Å². The number of fused-ring (bicyclic) bond motifs is 1. The van der Waals surface area contributed by atoms with Crippen LogP contribution in [0.15, 0.2) is 12.7 Å². The zero-order valence-corrected chi connectivity index (χ0v) is 11.4. The molecule has 2 N–H and O–H groups in total. The van der Waals surface area contributed by atoms with Crippen molar-refractivity contribution in [3.05, 3.63) is 17.8 Å². The van der Waals surface area contributed by atoms with Gasteiger partial charge in [-0.15, -0.1) is 0 Å². The molecular formula is C12H15ClN4O3. The maximum atomic E-state index is 9.87. The summed E-state index contributed by atoms with van der Waals surface area (Å²) in [6, 6.07) is 0. The summed E-state index contributed by atoms with van der Waals surface area (Å²) in [5.74, 6) is 0. The van der Waals surface area contributed by atoms with Gasteiger partial charge >= 0.3 is 0 Å². The standard InChI is InChI=1S/C12H15ClN4O3/c13-11-10-12(15-5-14-11)17(6-16-10)9-3-1-2-7(19)8(4-18)20-9/h5-9,18-19H,1-4H2/t7-,8+,9-/m0/s1. The summed E-state index contributed by atoms with van der Waals surface area (Å²) in [6.45, 7) is -0.222. The second-order valence-corrected chi connectivity index (χ2v) is 5.16.